The second-order valence-corrected chi connectivity index (χ2v) is 10.9. The van der Waals surface area contributed by atoms with E-state index in [1.807, 2.05) is 24.3 Å². The van der Waals surface area contributed by atoms with Gasteiger partial charge in [0.1, 0.15) is 18.1 Å². The Balaban J connectivity index is 0.00000231. The topological polar surface area (TPSA) is 76.1 Å². The van der Waals surface area contributed by atoms with Crippen molar-refractivity contribution in [3.8, 4) is 21.9 Å². The van der Waals surface area contributed by atoms with Gasteiger partial charge < -0.3 is 16.0 Å². The number of carbonyl (C=O) groups excluding carboxylic acids is 1. The van der Waals surface area contributed by atoms with E-state index in [0.717, 1.165) is 35.4 Å². The molecule has 6 nitrogen and oxygen atoms in total. The quantitative estimate of drug-likeness (QED) is 0.151. The number of rotatable bonds is 13. The second kappa shape index (κ2) is 14.8. The number of hydrogen-bond acceptors (Lipinski definition) is 6. The number of carboxylic acids is 1. The van der Waals surface area contributed by atoms with Crippen molar-refractivity contribution in [3.05, 3.63) is 83.4 Å². The van der Waals surface area contributed by atoms with Crippen molar-refractivity contribution in [2.45, 2.75) is 32.1 Å². The summed E-state index contributed by atoms with van der Waals surface area (Å²) in [5, 5.41) is 10.0. The van der Waals surface area contributed by atoms with Crippen molar-refractivity contribution in [1.29, 1.82) is 0 Å². The SMILES string of the molecule is O=Cc1cc(-c2sc3ccccc3c2Cc2ccc(OCCN3CCCC3)cc2)ccc1OCCCC(=O)O.[H-].[Na+]. The van der Waals surface area contributed by atoms with Crippen LogP contribution in [0.2, 0.25) is 0 Å². The minimum absolute atomic E-state index is 0. The van der Waals surface area contributed by atoms with E-state index in [1.54, 1.807) is 11.3 Å². The van der Waals surface area contributed by atoms with Crippen LogP contribution in [0.5, 0.6) is 11.5 Å². The van der Waals surface area contributed by atoms with E-state index in [4.69, 9.17) is 14.6 Å². The number of hydrogen-bond donors (Lipinski definition) is 1. The zero-order chi connectivity index (χ0) is 27.0. The maximum Gasteiger partial charge on any atom is 1.00 e. The van der Waals surface area contributed by atoms with Crippen LogP contribution in [0.3, 0.4) is 0 Å². The van der Waals surface area contributed by atoms with Crippen LogP contribution in [0.25, 0.3) is 20.5 Å². The minimum atomic E-state index is -0.860. The van der Waals surface area contributed by atoms with Gasteiger partial charge in [0, 0.05) is 22.5 Å². The predicted octanol–water partition coefficient (Wildman–Crippen LogP) is 3.81. The van der Waals surface area contributed by atoms with E-state index >= 15 is 0 Å². The van der Waals surface area contributed by atoms with Gasteiger partial charge in [-0.1, -0.05) is 30.3 Å². The molecule has 40 heavy (non-hydrogen) atoms. The molecular weight excluding hydrogens is 533 g/mol. The van der Waals surface area contributed by atoms with Gasteiger partial charge in [0.2, 0.25) is 0 Å². The van der Waals surface area contributed by atoms with Crippen LogP contribution in [0.1, 0.15) is 48.6 Å². The number of likely N-dealkylation sites (tertiary alicyclic amines) is 1. The van der Waals surface area contributed by atoms with Gasteiger partial charge in [-0.25, -0.2) is 0 Å². The average molecular weight is 568 g/mol. The number of nitrogens with zero attached hydrogens (tertiary/aromatic N) is 1. The number of fused-ring (bicyclic) bond motifs is 1. The minimum Gasteiger partial charge on any atom is -1.00 e. The smallest absolute Gasteiger partial charge is 1.00 e. The van der Waals surface area contributed by atoms with Crippen molar-refractivity contribution >= 4 is 33.7 Å². The first kappa shape index (κ1) is 30.3. The molecule has 3 aromatic carbocycles. The second-order valence-electron chi connectivity index (χ2n) is 9.84. The summed E-state index contributed by atoms with van der Waals surface area (Å²) in [4.78, 5) is 26.2. The molecule has 1 saturated heterocycles. The fraction of sp³-hybridized carbons (Fsp3) is 0.312. The van der Waals surface area contributed by atoms with Gasteiger partial charge in [0.05, 0.1) is 12.2 Å². The van der Waals surface area contributed by atoms with E-state index in [1.165, 1.54) is 47.1 Å². The van der Waals surface area contributed by atoms with Crippen LogP contribution in [-0.4, -0.2) is 55.1 Å². The molecule has 204 valence electrons. The van der Waals surface area contributed by atoms with Gasteiger partial charge in [-0.05, 0) is 97.2 Å². The molecule has 0 saturated carbocycles. The van der Waals surface area contributed by atoms with Crippen LogP contribution in [0.4, 0.5) is 0 Å². The maximum atomic E-state index is 11.9. The van der Waals surface area contributed by atoms with E-state index in [-0.39, 0.29) is 44.0 Å². The van der Waals surface area contributed by atoms with Crippen LogP contribution >= 0.6 is 11.3 Å². The zero-order valence-corrected chi connectivity index (χ0v) is 25.8. The maximum absolute atomic E-state index is 11.9. The third kappa shape index (κ3) is 7.74. The summed E-state index contributed by atoms with van der Waals surface area (Å²) in [6.07, 6.45) is 4.56. The molecular formula is C32H34NNaO5S. The average Bonchev–Trinajstić information content (AvgIpc) is 3.60. The van der Waals surface area contributed by atoms with E-state index in [0.29, 0.717) is 24.3 Å². The first-order valence-corrected chi connectivity index (χ1v) is 14.3. The molecule has 1 fully saturated rings. The van der Waals surface area contributed by atoms with Crippen LogP contribution in [0.15, 0.2) is 66.7 Å². The van der Waals surface area contributed by atoms with Gasteiger partial charge in [-0.15, -0.1) is 11.3 Å². The molecule has 0 atom stereocenters. The van der Waals surface area contributed by atoms with Crippen LogP contribution in [0, 0.1) is 0 Å². The van der Waals surface area contributed by atoms with E-state index in [9.17, 15) is 9.59 Å². The Kier molecular flexibility index (Phi) is 11.2. The Labute approximate surface area is 262 Å². The summed E-state index contributed by atoms with van der Waals surface area (Å²) in [5.41, 5.74) is 3.85. The molecule has 1 aromatic heterocycles. The van der Waals surface area contributed by atoms with Gasteiger partial charge in [-0.2, -0.15) is 0 Å². The summed E-state index contributed by atoms with van der Waals surface area (Å²) >= 11 is 1.72. The Hall–Kier alpha value is -2.68. The molecule has 0 amide bonds. The van der Waals surface area contributed by atoms with Crippen molar-refractivity contribution in [2.24, 2.45) is 0 Å². The van der Waals surface area contributed by atoms with Crippen LogP contribution < -0.4 is 39.0 Å². The molecule has 1 aliphatic rings. The fourth-order valence-electron chi connectivity index (χ4n) is 5.03. The summed E-state index contributed by atoms with van der Waals surface area (Å²) in [7, 11) is 0. The first-order valence-electron chi connectivity index (χ1n) is 13.5. The van der Waals surface area contributed by atoms with Gasteiger partial charge in [-0.3, -0.25) is 14.5 Å². The molecule has 0 radical (unpaired) electrons. The van der Waals surface area contributed by atoms with Crippen molar-refractivity contribution in [1.82, 2.24) is 4.90 Å². The van der Waals surface area contributed by atoms with Gasteiger partial charge in [0.15, 0.2) is 6.29 Å². The van der Waals surface area contributed by atoms with E-state index < -0.39 is 5.97 Å². The van der Waals surface area contributed by atoms with E-state index in [2.05, 4.69) is 47.4 Å². The third-order valence-electron chi connectivity index (χ3n) is 7.07. The first-order chi connectivity index (χ1) is 19.1. The van der Waals surface area contributed by atoms with Gasteiger partial charge in [0.25, 0.3) is 0 Å². The normalized spacial score (nSPS) is 13.2. The monoisotopic (exact) mass is 567 g/mol. The largest absolute Gasteiger partial charge is 1.00 e. The Morgan fingerprint density at radius 1 is 1.00 bits per heavy atom. The number of carboxylic acid groups (broad SMARTS) is 1. The van der Waals surface area contributed by atoms with Gasteiger partial charge >= 0.3 is 35.5 Å². The third-order valence-corrected chi connectivity index (χ3v) is 8.33. The number of aliphatic carboxylic acids is 1. The molecule has 0 unspecified atom stereocenters. The van der Waals surface area contributed by atoms with Crippen molar-refractivity contribution in [3.63, 3.8) is 0 Å². The fourth-order valence-corrected chi connectivity index (χ4v) is 6.25. The number of aldehydes is 1. The summed E-state index contributed by atoms with van der Waals surface area (Å²) in [5.74, 6) is 0.506. The number of benzene rings is 3. The molecule has 2 heterocycles. The number of carbonyl (C=O) groups is 2. The molecule has 4 aromatic rings. The molecule has 8 heteroatoms. The number of ether oxygens (including phenoxy) is 2. The molecule has 5 rings (SSSR count). The summed E-state index contributed by atoms with van der Waals surface area (Å²) < 4.78 is 12.9. The summed E-state index contributed by atoms with van der Waals surface area (Å²) in [6.45, 7) is 4.28. The summed E-state index contributed by atoms with van der Waals surface area (Å²) in [6, 6.07) is 22.4. The molecule has 1 aliphatic heterocycles. The molecule has 1 N–H and O–H groups in total. The molecule has 0 spiro atoms. The van der Waals surface area contributed by atoms with Crippen LogP contribution in [-0.2, 0) is 11.2 Å². The Morgan fingerprint density at radius 2 is 1.77 bits per heavy atom. The Morgan fingerprint density at radius 3 is 2.52 bits per heavy atom. The number of thiophene rings is 1. The van der Waals surface area contributed by atoms with Crippen molar-refractivity contribution in [2.75, 3.05) is 32.8 Å². The zero-order valence-electron chi connectivity index (χ0n) is 23.9. The molecule has 0 bridgehead atoms. The predicted molar refractivity (Wildman–Crippen MR) is 157 cm³/mol. The standard InChI is InChI=1S/C32H33NO5S.Na.H/c34-22-25-21-24(11-14-29(25)38-18-5-8-31(35)36)32-28(27-6-1-2-7-30(27)39-32)20-23-9-12-26(13-10-23)37-19-17-33-15-3-4-16-33;;/h1-2,6-7,9-14,21-22H,3-5,8,15-20H2,(H,35,36);;/q;+1;-1. The molecule has 0 aliphatic carbocycles. The Bertz CT molecular complexity index is 1440. The van der Waals surface area contributed by atoms with Crippen molar-refractivity contribution < 1.29 is 55.2 Å².